The number of hydrogen-bond donors (Lipinski definition) is 3. The van der Waals surface area contributed by atoms with Crippen LogP contribution in [0.2, 0.25) is 0 Å². The van der Waals surface area contributed by atoms with Crippen molar-refractivity contribution < 1.29 is 17.1 Å². The summed E-state index contributed by atoms with van der Waals surface area (Å²) in [5.41, 5.74) is 10.7. The van der Waals surface area contributed by atoms with Crippen LogP contribution in [0, 0.1) is 12.3 Å². The summed E-state index contributed by atoms with van der Waals surface area (Å²) in [4.78, 5) is 17.3. The number of nitrogen functional groups attached to an aromatic ring is 1. The number of anilines is 2. The lowest BCUT2D eigenvalue weighted by molar-refractivity contribution is 0.102. The highest BCUT2D eigenvalue weighted by atomic mass is 16.5. The molecule has 7 heteroatoms. The summed E-state index contributed by atoms with van der Waals surface area (Å²) in [6.45, 7) is 3.87. The van der Waals surface area contributed by atoms with E-state index in [-0.39, 0.29) is 8.76 Å². The van der Waals surface area contributed by atoms with Crippen LogP contribution in [0.25, 0.3) is 11.3 Å². The molecule has 1 amide bonds. The first-order valence-electron chi connectivity index (χ1n) is 9.86. The third-order valence-electron chi connectivity index (χ3n) is 4.99. The van der Waals surface area contributed by atoms with Gasteiger partial charge in [0, 0.05) is 37.0 Å². The van der Waals surface area contributed by atoms with Gasteiger partial charge in [-0.3, -0.25) is 4.79 Å². The fourth-order valence-corrected chi connectivity index (χ4v) is 3.19. The topological polar surface area (TPSA) is 110 Å². The normalized spacial score (nSPS) is 10.5. The Labute approximate surface area is 184 Å². The Bertz CT molecular complexity index is 1130. The molecule has 3 rings (SSSR count). The lowest BCUT2D eigenvalue weighted by atomic mass is 10.0. The van der Waals surface area contributed by atoms with Crippen molar-refractivity contribution in [2.24, 2.45) is 0 Å². The van der Waals surface area contributed by atoms with Crippen molar-refractivity contribution in [2.45, 2.75) is 20.3 Å². The molecule has 0 saturated heterocycles. The minimum atomic E-state index is -0.286. The van der Waals surface area contributed by atoms with Crippen LogP contribution in [0.1, 0.15) is 37.7 Å². The predicted molar refractivity (Wildman–Crippen MR) is 128 cm³/mol. The van der Waals surface area contributed by atoms with E-state index in [4.69, 9.17) is 20.6 Å². The highest BCUT2D eigenvalue weighted by molar-refractivity contribution is 6.05. The summed E-state index contributed by atoms with van der Waals surface area (Å²) in [6.07, 6.45) is 0.584. The number of nitrogens with one attached hydrogen (secondary N) is 2. The van der Waals surface area contributed by atoms with Crippen molar-refractivity contribution in [3.05, 3.63) is 65.2 Å². The largest absolute Gasteiger partial charge is 0.497 e. The summed E-state index contributed by atoms with van der Waals surface area (Å²) in [5.74, 6) is 1.10. The number of rotatable bonds is 7. The van der Waals surface area contributed by atoms with Crippen molar-refractivity contribution in [3.63, 3.8) is 0 Å². The van der Waals surface area contributed by atoms with Crippen LogP contribution >= 0.6 is 0 Å². The van der Waals surface area contributed by atoms with Gasteiger partial charge in [-0.1, -0.05) is 13.0 Å². The standard InChI is InChI=1S/C24H26N4O3.2H2/c1-5-21(25)19-8-9-22(28-23(19)26)20-12-16(7-6-14(20)2)27-24(29)15-10-17(30-3)13-18(11-15)31-4;;/h6-13,25H,5H2,1-4H3,(H2,26,28)(H,27,29);2*1H. The van der Waals surface area contributed by atoms with Crippen molar-refractivity contribution in [1.29, 1.82) is 5.41 Å². The number of hydrogen-bond acceptors (Lipinski definition) is 6. The van der Waals surface area contributed by atoms with Gasteiger partial charge in [0.25, 0.3) is 5.91 Å². The SMILES string of the molecule is CCC(=N)c1ccc(-c2cc(NC(=O)c3cc(OC)cc(OC)c3)ccc2C)nc1N.[HH].[HH]. The maximum Gasteiger partial charge on any atom is 0.255 e. The molecule has 0 spiro atoms. The summed E-state index contributed by atoms with van der Waals surface area (Å²) in [7, 11) is 3.07. The summed E-state index contributed by atoms with van der Waals surface area (Å²) in [6, 6.07) is 14.3. The first-order chi connectivity index (χ1) is 14.9. The number of benzene rings is 2. The Hall–Kier alpha value is -3.87. The molecule has 31 heavy (non-hydrogen) atoms. The fourth-order valence-electron chi connectivity index (χ4n) is 3.19. The van der Waals surface area contributed by atoms with Crippen molar-refractivity contribution in [3.8, 4) is 22.8 Å². The molecule has 1 heterocycles. The molecule has 7 nitrogen and oxygen atoms in total. The minimum Gasteiger partial charge on any atom is -0.497 e. The first-order valence-corrected chi connectivity index (χ1v) is 9.86. The van der Waals surface area contributed by atoms with E-state index >= 15 is 0 Å². The highest BCUT2D eigenvalue weighted by Gasteiger charge is 2.13. The predicted octanol–water partition coefficient (Wildman–Crippen LogP) is 5.18. The quantitative estimate of drug-likeness (QED) is 0.455. The highest BCUT2D eigenvalue weighted by Crippen LogP contribution is 2.28. The lowest BCUT2D eigenvalue weighted by Crippen LogP contribution is -2.12. The molecule has 0 fully saturated rings. The van der Waals surface area contributed by atoms with E-state index in [2.05, 4.69) is 10.3 Å². The summed E-state index contributed by atoms with van der Waals surface area (Å²) in [5, 5.41) is 10.9. The van der Waals surface area contributed by atoms with E-state index in [1.807, 2.05) is 44.2 Å². The number of methoxy groups -OCH3 is 2. The Kier molecular flexibility index (Phi) is 6.55. The molecule has 0 bridgehead atoms. The Morgan fingerprint density at radius 2 is 1.77 bits per heavy atom. The molecule has 2 aromatic carbocycles. The molecule has 1 aromatic heterocycles. The monoisotopic (exact) mass is 422 g/mol. The third kappa shape index (κ3) is 4.83. The van der Waals surface area contributed by atoms with Crippen molar-refractivity contribution in [1.82, 2.24) is 4.98 Å². The van der Waals surface area contributed by atoms with E-state index in [9.17, 15) is 4.79 Å². The van der Waals surface area contributed by atoms with Crippen LogP contribution in [0.15, 0.2) is 48.5 Å². The molecular formula is C24H30N4O3. The first kappa shape index (κ1) is 21.8. The smallest absolute Gasteiger partial charge is 0.255 e. The van der Waals surface area contributed by atoms with Gasteiger partial charge in [-0.2, -0.15) is 0 Å². The molecule has 164 valence electrons. The number of aromatic nitrogens is 1. The van der Waals surface area contributed by atoms with Gasteiger partial charge < -0.3 is 25.9 Å². The maximum absolute atomic E-state index is 12.8. The lowest BCUT2D eigenvalue weighted by Gasteiger charge is -2.13. The van der Waals surface area contributed by atoms with Gasteiger partial charge in [0.05, 0.1) is 19.9 Å². The summed E-state index contributed by atoms with van der Waals surface area (Å²) >= 11 is 0. The third-order valence-corrected chi connectivity index (χ3v) is 4.99. The van der Waals surface area contributed by atoms with Gasteiger partial charge >= 0.3 is 0 Å². The average Bonchev–Trinajstić information content (AvgIpc) is 2.79. The van der Waals surface area contributed by atoms with Gasteiger partial charge in [-0.25, -0.2) is 4.98 Å². The van der Waals surface area contributed by atoms with Crippen LogP contribution in [0.5, 0.6) is 11.5 Å². The van der Waals surface area contributed by atoms with E-state index in [0.717, 1.165) is 11.1 Å². The van der Waals surface area contributed by atoms with Crippen LogP contribution < -0.4 is 20.5 Å². The molecule has 0 aliphatic rings. The molecule has 0 aliphatic carbocycles. The zero-order valence-electron chi connectivity index (χ0n) is 18.1. The Morgan fingerprint density at radius 3 is 2.35 bits per heavy atom. The van der Waals surface area contributed by atoms with Crippen molar-refractivity contribution >= 4 is 23.1 Å². The van der Waals surface area contributed by atoms with Gasteiger partial charge in [-0.15, -0.1) is 0 Å². The molecule has 0 radical (unpaired) electrons. The van der Waals surface area contributed by atoms with Gasteiger partial charge in [-0.05, 0) is 55.3 Å². The number of carbonyl (C=O) groups excluding carboxylic acids is 1. The number of pyridine rings is 1. The number of nitrogens with two attached hydrogens (primary N) is 1. The number of aryl methyl sites for hydroxylation is 1. The van der Waals surface area contributed by atoms with E-state index in [0.29, 0.717) is 52.0 Å². The second-order valence-electron chi connectivity index (χ2n) is 7.05. The van der Waals surface area contributed by atoms with Crippen LogP contribution in [-0.2, 0) is 0 Å². The molecular weight excluding hydrogens is 392 g/mol. The zero-order chi connectivity index (χ0) is 22.5. The van der Waals surface area contributed by atoms with Crippen LogP contribution in [-0.4, -0.2) is 30.8 Å². The molecule has 0 atom stereocenters. The van der Waals surface area contributed by atoms with E-state index in [1.54, 1.807) is 18.2 Å². The summed E-state index contributed by atoms with van der Waals surface area (Å²) < 4.78 is 10.5. The molecule has 0 saturated carbocycles. The second-order valence-corrected chi connectivity index (χ2v) is 7.05. The number of carbonyl (C=O) groups is 1. The van der Waals surface area contributed by atoms with E-state index < -0.39 is 0 Å². The maximum atomic E-state index is 12.8. The number of ether oxygens (including phenoxy) is 2. The average molecular weight is 423 g/mol. The van der Waals surface area contributed by atoms with Crippen molar-refractivity contribution in [2.75, 3.05) is 25.3 Å². The minimum absolute atomic E-state index is 0. The second kappa shape index (κ2) is 9.30. The fraction of sp³-hybridized carbons (Fsp3) is 0.208. The molecule has 0 aliphatic heterocycles. The van der Waals surface area contributed by atoms with Gasteiger partial charge in [0.15, 0.2) is 0 Å². The zero-order valence-corrected chi connectivity index (χ0v) is 18.1. The van der Waals surface area contributed by atoms with Gasteiger partial charge in [0.1, 0.15) is 17.3 Å². The molecule has 0 unspecified atom stereocenters. The van der Waals surface area contributed by atoms with E-state index in [1.165, 1.54) is 14.2 Å². The number of nitrogens with zero attached hydrogens (tertiary/aromatic N) is 1. The molecule has 3 aromatic rings. The van der Waals surface area contributed by atoms with Crippen LogP contribution in [0.3, 0.4) is 0 Å². The van der Waals surface area contributed by atoms with Gasteiger partial charge in [0.2, 0.25) is 0 Å². The Balaban J connectivity index is 0.00000272. The number of amides is 1. The molecule has 4 N–H and O–H groups in total. The van der Waals surface area contributed by atoms with Crippen LogP contribution in [0.4, 0.5) is 11.5 Å². The Morgan fingerprint density at radius 1 is 1.10 bits per heavy atom.